The Morgan fingerprint density at radius 3 is 3.00 bits per heavy atom. The summed E-state index contributed by atoms with van der Waals surface area (Å²) < 4.78 is 1.81. The molecule has 0 aliphatic heterocycles. The number of nitrogens with two attached hydrogens (primary N) is 1. The average Bonchev–Trinajstić information content (AvgIpc) is 2.49. The summed E-state index contributed by atoms with van der Waals surface area (Å²) in [6, 6.07) is 0.477. The van der Waals surface area contributed by atoms with E-state index in [1.165, 1.54) is 5.56 Å². The van der Waals surface area contributed by atoms with Crippen molar-refractivity contribution < 1.29 is 0 Å². The first-order valence-corrected chi connectivity index (χ1v) is 4.63. The summed E-state index contributed by atoms with van der Waals surface area (Å²) in [6.07, 6.45) is 4.91. The Bertz CT molecular complexity index is 244. The van der Waals surface area contributed by atoms with E-state index < -0.39 is 0 Å². The number of nitrogens with one attached hydrogen (secondary N) is 1. The second-order valence-corrected chi connectivity index (χ2v) is 3.38. The average molecular weight is 182 g/mol. The van der Waals surface area contributed by atoms with E-state index >= 15 is 0 Å². The smallest absolute Gasteiger partial charge is 0.0534 e. The monoisotopic (exact) mass is 182 g/mol. The molecule has 0 aromatic carbocycles. The second kappa shape index (κ2) is 4.99. The normalized spacial score (nSPS) is 13.2. The van der Waals surface area contributed by atoms with Crippen molar-refractivity contribution in [1.82, 2.24) is 15.1 Å². The van der Waals surface area contributed by atoms with Crippen LogP contribution in [0.3, 0.4) is 0 Å². The molecule has 3 N–H and O–H groups in total. The maximum Gasteiger partial charge on any atom is 0.0534 e. The highest BCUT2D eigenvalue weighted by Gasteiger charge is 2.00. The first-order valence-electron chi connectivity index (χ1n) is 4.63. The van der Waals surface area contributed by atoms with Crippen LogP contribution in [0.4, 0.5) is 0 Å². The highest BCUT2D eigenvalue weighted by Crippen LogP contribution is 1.97. The number of hydrogen-bond donors (Lipinski definition) is 2. The van der Waals surface area contributed by atoms with Gasteiger partial charge in [0.1, 0.15) is 0 Å². The molecule has 0 amide bonds. The molecule has 1 rings (SSSR count). The van der Waals surface area contributed by atoms with Gasteiger partial charge in [-0.2, -0.15) is 5.10 Å². The van der Waals surface area contributed by atoms with Crippen molar-refractivity contribution in [2.45, 2.75) is 25.9 Å². The molecule has 74 valence electrons. The number of aryl methyl sites for hydroxylation is 1. The molecule has 4 heteroatoms. The first-order chi connectivity index (χ1) is 6.22. The minimum atomic E-state index is 0.477. The largest absolute Gasteiger partial charge is 0.330 e. The summed E-state index contributed by atoms with van der Waals surface area (Å²) in [7, 11) is 1.92. The van der Waals surface area contributed by atoms with Crippen LogP contribution in [-0.2, 0) is 13.6 Å². The molecular weight excluding hydrogens is 164 g/mol. The van der Waals surface area contributed by atoms with Gasteiger partial charge in [0, 0.05) is 31.4 Å². The fourth-order valence-corrected chi connectivity index (χ4v) is 1.21. The van der Waals surface area contributed by atoms with Gasteiger partial charge in [0.05, 0.1) is 6.20 Å². The lowest BCUT2D eigenvalue weighted by molar-refractivity contribution is 0.519. The van der Waals surface area contributed by atoms with Crippen molar-refractivity contribution in [3.05, 3.63) is 18.0 Å². The van der Waals surface area contributed by atoms with Crippen molar-refractivity contribution in [2.24, 2.45) is 12.8 Å². The zero-order chi connectivity index (χ0) is 9.68. The third kappa shape index (κ3) is 3.57. The Morgan fingerprint density at radius 1 is 1.69 bits per heavy atom. The molecule has 0 aliphatic rings. The Morgan fingerprint density at radius 2 is 2.46 bits per heavy atom. The SMILES string of the molecule is CC(CCN)NCc1cnn(C)c1. The molecular formula is C9H18N4. The van der Waals surface area contributed by atoms with Crippen LogP contribution in [0.25, 0.3) is 0 Å². The van der Waals surface area contributed by atoms with Crippen LogP contribution in [0.1, 0.15) is 18.9 Å². The molecule has 0 aliphatic carbocycles. The minimum Gasteiger partial charge on any atom is -0.330 e. The first kappa shape index (κ1) is 10.2. The summed E-state index contributed by atoms with van der Waals surface area (Å²) in [5.41, 5.74) is 6.66. The van der Waals surface area contributed by atoms with Gasteiger partial charge in [0.15, 0.2) is 0 Å². The molecule has 1 atom stereocenters. The van der Waals surface area contributed by atoms with Crippen LogP contribution in [0, 0.1) is 0 Å². The Kier molecular flexibility index (Phi) is 3.92. The molecule has 1 unspecified atom stereocenters. The second-order valence-electron chi connectivity index (χ2n) is 3.38. The predicted octanol–water partition coefficient (Wildman–Crippen LogP) is 0.247. The van der Waals surface area contributed by atoms with Crippen molar-refractivity contribution >= 4 is 0 Å². The summed E-state index contributed by atoms with van der Waals surface area (Å²) in [5, 5.41) is 7.47. The topological polar surface area (TPSA) is 55.9 Å². The van der Waals surface area contributed by atoms with Gasteiger partial charge in [-0.05, 0) is 19.9 Å². The summed E-state index contributed by atoms with van der Waals surface area (Å²) in [6.45, 7) is 3.75. The molecule has 0 saturated heterocycles. The van der Waals surface area contributed by atoms with Gasteiger partial charge < -0.3 is 11.1 Å². The third-order valence-corrected chi connectivity index (χ3v) is 2.01. The third-order valence-electron chi connectivity index (χ3n) is 2.01. The van der Waals surface area contributed by atoms with Crippen molar-refractivity contribution in [2.75, 3.05) is 6.54 Å². The fraction of sp³-hybridized carbons (Fsp3) is 0.667. The highest BCUT2D eigenvalue weighted by molar-refractivity contribution is 5.02. The maximum atomic E-state index is 5.45. The van der Waals surface area contributed by atoms with Crippen LogP contribution in [0.2, 0.25) is 0 Å². The molecule has 1 aromatic heterocycles. The summed E-state index contributed by atoms with van der Waals surface area (Å²) >= 11 is 0. The zero-order valence-corrected chi connectivity index (χ0v) is 8.33. The quantitative estimate of drug-likeness (QED) is 0.686. The van der Waals surface area contributed by atoms with E-state index in [0.29, 0.717) is 6.04 Å². The van der Waals surface area contributed by atoms with Crippen LogP contribution in [0.5, 0.6) is 0 Å². The molecule has 1 aromatic rings. The van der Waals surface area contributed by atoms with E-state index in [4.69, 9.17) is 5.73 Å². The summed E-state index contributed by atoms with van der Waals surface area (Å²) in [5.74, 6) is 0. The van der Waals surface area contributed by atoms with Gasteiger partial charge in [-0.15, -0.1) is 0 Å². The van der Waals surface area contributed by atoms with Crippen LogP contribution < -0.4 is 11.1 Å². The number of rotatable bonds is 5. The van der Waals surface area contributed by atoms with Gasteiger partial charge in [-0.3, -0.25) is 4.68 Å². The van der Waals surface area contributed by atoms with E-state index in [9.17, 15) is 0 Å². The minimum absolute atomic E-state index is 0.477. The Labute approximate surface area is 79.1 Å². The molecule has 0 spiro atoms. The lowest BCUT2D eigenvalue weighted by Gasteiger charge is -2.10. The van der Waals surface area contributed by atoms with Gasteiger partial charge in [-0.1, -0.05) is 0 Å². The standard InChI is InChI=1S/C9H18N4/c1-8(3-4-10)11-5-9-6-12-13(2)7-9/h6-8,11H,3-5,10H2,1-2H3. The van der Waals surface area contributed by atoms with E-state index in [0.717, 1.165) is 19.5 Å². The van der Waals surface area contributed by atoms with E-state index in [1.54, 1.807) is 0 Å². The van der Waals surface area contributed by atoms with Gasteiger partial charge in [-0.25, -0.2) is 0 Å². The van der Waals surface area contributed by atoms with Crippen molar-refractivity contribution in [1.29, 1.82) is 0 Å². The number of nitrogens with zero attached hydrogens (tertiary/aromatic N) is 2. The van der Waals surface area contributed by atoms with Crippen molar-refractivity contribution in [3.8, 4) is 0 Å². The lowest BCUT2D eigenvalue weighted by atomic mass is 10.2. The van der Waals surface area contributed by atoms with Gasteiger partial charge >= 0.3 is 0 Å². The number of aromatic nitrogens is 2. The number of hydrogen-bond acceptors (Lipinski definition) is 3. The molecule has 0 saturated carbocycles. The highest BCUT2D eigenvalue weighted by atomic mass is 15.2. The molecule has 0 radical (unpaired) electrons. The van der Waals surface area contributed by atoms with Crippen LogP contribution >= 0.6 is 0 Å². The lowest BCUT2D eigenvalue weighted by Crippen LogP contribution is -2.27. The summed E-state index contributed by atoms with van der Waals surface area (Å²) in [4.78, 5) is 0. The van der Waals surface area contributed by atoms with E-state index in [1.807, 2.05) is 24.1 Å². The molecule has 13 heavy (non-hydrogen) atoms. The molecule has 4 nitrogen and oxygen atoms in total. The molecule has 0 fully saturated rings. The Balaban J connectivity index is 2.26. The van der Waals surface area contributed by atoms with Crippen LogP contribution in [-0.4, -0.2) is 22.4 Å². The Hall–Kier alpha value is -0.870. The fourth-order valence-electron chi connectivity index (χ4n) is 1.21. The zero-order valence-electron chi connectivity index (χ0n) is 8.33. The van der Waals surface area contributed by atoms with Gasteiger partial charge in [0.2, 0.25) is 0 Å². The van der Waals surface area contributed by atoms with Crippen LogP contribution in [0.15, 0.2) is 12.4 Å². The van der Waals surface area contributed by atoms with E-state index in [2.05, 4.69) is 17.3 Å². The molecule has 0 bridgehead atoms. The maximum absolute atomic E-state index is 5.45. The van der Waals surface area contributed by atoms with Crippen molar-refractivity contribution in [3.63, 3.8) is 0 Å². The van der Waals surface area contributed by atoms with Gasteiger partial charge in [0.25, 0.3) is 0 Å². The molecule has 1 heterocycles. The van der Waals surface area contributed by atoms with E-state index in [-0.39, 0.29) is 0 Å². The predicted molar refractivity (Wildman–Crippen MR) is 53.2 cm³/mol.